The van der Waals surface area contributed by atoms with E-state index in [1.807, 2.05) is 36.2 Å². The Morgan fingerprint density at radius 3 is 2.48 bits per heavy atom. The average Bonchev–Trinajstić information content (AvgIpc) is 2.68. The third-order valence-corrected chi connectivity index (χ3v) is 4.72. The number of aromatic nitrogens is 1. The van der Waals surface area contributed by atoms with Gasteiger partial charge in [0.1, 0.15) is 10.9 Å². The number of ether oxygens (including phenoxy) is 3. The smallest absolute Gasteiger partial charge is 0.387 e. The highest BCUT2D eigenvalue weighted by Crippen LogP contribution is 2.30. The number of methoxy groups -OCH3 is 2. The van der Waals surface area contributed by atoms with E-state index in [9.17, 15) is 8.78 Å². The second-order valence-corrected chi connectivity index (χ2v) is 6.89. The molecule has 3 rings (SSSR count). The Labute approximate surface area is 172 Å². The van der Waals surface area contributed by atoms with Crippen LogP contribution in [0.15, 0.2) is 42.5 Å². The van der Waals surface area contributed by atoms with Crippen molar-refractivity contribution in [3.8, 4) is 17.2 Å². The fraction of sp³-hybridized carbons (Fsp3) is 0.286. The minimum atomic E-state index is -2.90. The molecule has 0 aliphatic rings. The molecule has 0 bridgehead atoms. The number of halogens is 3. The Kier molecular flexibility index (Phi) is 6.71. The van der Waals surface area contributed by atoms with E-state index < -0.39 is 6.61 Å². The number of hydrogen-bond donors (Lipinski definition) is 0. The van der Waals surface area contributed by atoms with Crippen molar-refractivity contribution in [3.63, 3.8) is 0 Å². The number of pyridine rings is 1. The van der Waals surface area contributed by atoms with E-state index in [0.717, 1.165) is 27.8 Å². The lowest BCUT2D eigenvalue weighted by molar-refractivity contribution is -0.0512. The zero-order valence-electron chi connectivity index (χ0n) is 16.3. The molecule has 0 atom stereocenters. The highest BCUT2D eigenvalue weighted by Gasteiger charge is 2.13. The van der Waals surface area contributed by atoms with Crippen LogP contribution in [-0.4, -0.2) is 37.8 Å². The van der Waals surface area contributed by atoms with E-state index in [0.29, 0.717) is 18.2 Å². The first-order valence-corrected chi connectivity index (χ1v) is 9.21. The van der Waals surface area contributed by atoms with Crippen LogP contribution in [0.25, 0.3) is 10.9 Å². The summed E-state index contributed by atoms with van der Waals surface area (Å²) in [6.07, 6.45) is 0. The predicted octanol–water partition coefficient (Wildman–Crippen LogP) is 5.14. The van der Waals surface area contributed by atoms with Gasteiger partial charge in [-0.25, -0.2) is 4.98 Å². The van der Waals surface area contributed by atoms with Crippen LogP contribution < -0.4 is 14.2 Å². The topological polar surface area (TPSA) is 43.8 Å². The van der Waals surface area contributed by atoms with Crippen LogP contribution >= 0.6 is 11.6 Å². The summed E-state index contributed by atoms with van der Waals surface area (Å²) in [6.45, 7) is -1.78. The van der Waals surface area contributed by atoms with Crippen molar-refractivity contribution < 1.29 is 23.0 Å². The Bertz CT molecular complexity index is 1000. The molecular weight excluding hydrogens is 402 g/mol. The van der Waals surface area contributed by atoms with Crippen LogP contribution in [0, 0.1) is 0 Å². The zero-order valence-corrected chi connectivity index (χ0v) is 17.0. The quantitative estimate of drug-likeness (QED) is 0.470. The maximum Gasteiger partial charge on any atom is 0.387 e. The van der Waals surface area contributed by atoms with Crippen molar-refractivity contribution >= 4 is 22.5 Å². The molecule has 0 fully saturated rings. The first kappa shape index (κ1) is 21.1. The Morgan fingerprint density at radius 2 is 1.79 bits per heavy atom. The highest BCUT2D eigenvalue weighted by molar-refractivity contribution is 6.30. The molecule has 0 amide bonds. The van der Waals surface area contributed by atoms with Crippen molar-refractivity contribution in [3.05, 3.63) is 58.7 Å². The van der Waals surface area contributed by atoms with Gasteiger partial charge in [0.2, 0.25) is 0 Å². The summed E-state index contributed by atoms with van der Waals surface area (Å²) in [6, 6.07) is 12.5. The third-order valence-electron chi connectivity index (χ3n) is 4.39. The van der Waals surface area contributed by atoms with Crippen LogP contribution in [0.2, 0.25) is 5.15 Å². The zero-order chi connectivity index (χ0) is 21.0. The molecule has 0 saturated heterocycles. The number of rotatable bonds is 8. The van der Waals surface area contributed by atoms with Gasteiger partial charge in [0.15, 0.2) is 11.5 Å². The van der Waals surface area contributed by atoms with Gasteiger partial charge in [-0.05, 0) is 42.9 Å². The number of benzene rings is 2. The summed E-state index contributed by atoms with van der Waals surface area (Å²) in [5, 5.41) is 1.39. The number of alkyl halides is 2. The van der Waals surface area contributed by atoms with Gasteiger partial charge in [-0.15, -0.1) is 0 Å². The highest BCUT2D eigenvalue weighted by atomic mass is 35.5. The van der Waals surface area contributed by atoms with Crippen LogP contribution in [0.3, 0.4) is 0 Å². The lowest BCUT2D eigenvalue weighted by Gasteiger charge is -2.19. The molecule has 0 aliphatic carbocycles. The first-order chi connectivity index (χ1) is 13.9. The summed E-state index contributed by atoms with van der Waals surface area (Å²) in [5.74, 6) is 0.987. The largest absolute Gasteiger partial charge is 0.497 e. The number of fused-ring (bicyclic) bond motifs is 1. The van der Waals surface area contributed by atoms with Gasteiger partial charge in [0.05, 0.1) is 19.7 Å². The normalized spacial score (nSPS) is 11.3. The molecule has 29 heavy (non-hydrogen) atoms. The molecular formula is C21H21ClF2N2O3. The van der Waals surface area contributed by atoms with Gasteiger partial charge in [-0.2, -0.15) is 8.78 Å². The lowest BCUT2D eigenvalue weighted by atomic mass is 10.1. The van der Waals surface area contributed by atoms with E-state index in [-0.39, 0.29) is 11.5 Å². The third kappa shape index (κ3) is 5.25. The van der Waals surface area contributed by atoms with Crippen molar-refractivity contribution in [2.45, 2.75) is 19.7 Å². The molecule has 1 heterocycles. The molecule has 0 saturated carbocycles. The minimum Gasteiger partial charge on any atom is -0.497 e. The summed E-state index contributed by atoms with van der Waals surface area (Å²) < 4.78 is 39.8. The molecule has 0 spiro atoms. The molecule has 154 valence electrons. The van der Waals surface area contributed by atoms with Crippen molar-refractivity contribution in [1.82, 2.24) is 9.88 Å². The summed E-state index contributed by atoms with van der Waals surface area (Å²) in [5.41, 5.74) is 2.54. The molecule has 1 aromatic heterocycles. The van der Waals surface area contributed by atoms with E-state index in [1.54, 1.807) is 19.2 Å². The van der Waals surface area contributed by atoms with Gasteiger partial charge in [0, 0.05) is 30.1 Å². The maximum atomic E-state index is 12.5. The van der Waals surface area contributed by atoms with E-state index in [4.69, 9.17) is 21.1 Å². The maximum absolute atomic E-state index is 12.5. The summed E-state index contributed by atoms with van der Waals surface area (Å²) in [7, 11) is 4.95. The Hall–Kier alpha value is -2.64. The van der Waals surface area contributed by atoms with Gasteiger partial charge in [0.25, 0.3) is 0 Å². The molecule has 8 heteroatoms. The standard InChI is InChI=1S/C21H21ClF2N2O3/c1-26(11-13-4-7-18(29-21(23)24)19(8-13)28-3)12-15-9-14-5-6-16(27-2)10-17(14)25-20(15)22/h4-10,21H,11-12H2,1-3H3. The molecule has 0 unspecified atom stereocenters. The summed E-state index contributed by atoms with van der Waals surface area (Å²) in [4.78, 5) is 6.50. The van der Waals surface area contributed by atoms with Crippen LogP contribution in [0.4, 0.5) is 8.78 Å². The van der Waals surface area contributed by atoms with Gasteiger partial charge in [-0.3, -0.25) is 4.90 Å². The van der Waals surface area contributed by atoms with Crippen LogP contribution in [0.1, 0.15) is 11.1 Å². The summed E-state index contributed by atoms with van der Waals surface area (Å²) >= 11 is 6.38. The fourth-order valence-corrected chi connectivity index (χ4v) is 3.27. The van der Waals surface area contributed by atoms with Gasteiger partial charge in [-0.1, -0.05) is 17.7 Å². The fourth-order valence-electron chi connectivity index (χ4n) is 3.07. The average molecular weight is 423 g/mol. The first-order valence-electron chi connectivity index (χ1n) is 8.83. The second-order valence-electron chi connectivity index (χ2n) is 6.53. The van der Waals surface area contributed by atoms with E-state index >= 15 is 0 Å². The van der Waals surface area contributed by atoms with Gasteiger partial charge < -0.3 is 14.2 Å². The molecule has 2 aromatic carbocycles. The molecule has 0 aliphatic heterocycles. The molecule has 0 radical (unpaired) electrons. The van der Waals surface area contributed by atoms with Crippen molar-refractivity contribution in [1.29, 1.82) is 0 Å². The second kappa shape index (κ2) is 9.24. The van der Waals surface area contributed by atoms with Crippen LogP contribution in [0.5, 0.6) is 17.2 Å². The Balaban J connectivity index is 1.75. The van der Waals surface area contributed by atoms with E-state index in [2.05, 4.69) is 9.72 Å². The van der Waals surface area contributed by atoms with Crippen molar-refractivity contribution in [2.75, 3.05) is 21.3 Å². The van der Waals surface area contributed by atoms with Crippen LogP contribution in [-0.2, 0) is 13.1 Å². The lowest BCUT2D eigenvalue weighted by Crippen LogP contribution is -2.18. The monoisotopic (exact) mass is 422 g/mol. The Morgan fingerprint density at radius 1 is 1.00 bits per heavy atom. The minimum absolute atomic E-state index is 0.00565. The van der Waals surface area contributed by atoms with Gasteiger partial charge >= 0.3 is 6.61 Å². The SMILES string of the molecule is COc1ccc2cc(CN(C)Cc3ccc(OC(F)F)c(OC)c3)c(Cl)nc2c1. The predicted molar refractivity (Wildman–Crippen MR) is 108 cm³/mol. The molecule has 5 nitrogen and oxygen atoms in total. The molecule has 0 N–H and O–H groups in total. The number of nitrogens with zero attached hydrogens (tertiary/aromatic N) is 2. The molecule has 3 aromatic rings. The van der Waals surface area contributed by atoms with E-state index in [1.165, 1.54) is 13.2 Å². The number of hydrogen-bond acceptors (Lipinski definition) is 5. The van der Waals surface area contributed by atoms with Crippen molar-refractivity contribution in [2.24, 2.45) is 0 Å².